The summed E-state index contributed by atoms with van der Waals surface area (Å²) in [5, 5.41) is 3.01. The molecule has 1 rings (SSSR count). The van der Waals surface area contributed by atoms with Gasteiger partial charge in [-0.05, 0) is 7.05 Å². The molecule has 0 saturated heterocycles. The fraction of sp³-hybridized carbons (Fsp3) is 0.500. The summed E-state index contributed by atoms with van der Waals surface area (Å²) < 4.78 is 4.98. The lowest BCUT2D eigenvalue weighted by Crippen LogP contribution is -2.10. The van der Waals surface area contributed by atoms with Gasteiger partial charge in [-0.25, -0.2) is 4.98 Å². The van der Waals surface area contributed by atoms with Crippen LogP contribution in [0.2, 0.25) is 0 Å². The largest absolute Gasteiger partial charge is 0.449 e. The third-order valence-corrected chi connectivity index (χ3v) is 1.07. The van der Waals surface area contributed by atoms with Crippen molar-refractivity contribution < 1.29 is 4.42 Å². The van der Waals surface area contributed by atoms with Crippen LogP contribution in [-0.2, 0) is 6.42 Å². The van der Waals surface area contributed by atoms with Crippen molar-refractivity contribution in [2.75, 3.05) is 13.6 Å². The molecule has 0 bridgehead atoms. The van der Waals surface area contributed by atoms with Crippen molar-refractivity contribution >= 4 is 0 Å². The van der Waals surface area contributed by atoms with Crippen molar-refractivity contribution in [3.8, 4) is 0 Å². The van der Waals surface area contributed by atoms with Gasteiger partial charge in [-0.15, -0.1) is 0 Å². The fourth-order valence-corrected chi connectivity index (χ4v) is 0.608. The first-order chi connectivity index (χ1) is 4.43. The van der Waals surface area contributed by atoms with Crippen LogP contribution in [0.15, 0.2) is 16.9 Å². The molecule has 50 valence electrons. The van der Waals surface area contributed by atoms with Gasteiger partial charge in [0, 0.05) is 13.0 Å². The number of likely N-dealkylation sites (N-methyl/N-ethyl adjacent to an activating group) is 1. The highest BCUT2D eigenvalue weighted by molar-refractivity contribution is 4.79. The lowest BCUT2D eigenvalue weighted by Gasteiger charge is -1.91. The van der Waals surface area contributed by atoms with Crippen molar-refractivity contribution in [1.82, 2.24) is 10.3 Å². The SMILES string of the molecule is CNCCc1ncco1. The summed E-state index contributed by atoms with van der Waals surface area (Å²) in [6.45, 7) is 0.917. The van der Waals surface area contributed by atoms with Crippen molar-refractivity contribution in [1.29, 1.82) is 0 Å². The fourth-order valence-electron chi connectivity index (χ4n) is 0.608. The number of nitrogens with one attached hydrogen (secondary N) is 1. The van der Waals surface area contributed by atoms with Crippen LogP contribution in [0.1, 0.15) is 5.89 Å². The molecule has 3 nitrogen and oxygen atoms in total. The van der Waals surface area contributed by atoms with Gasteiger partial charge in [0.05, 0.1) is 6.20 Å². The first-order valence-electron chi connectivity index (χ1n) is 2.96. The Bertz CT molecular complexity index is 148. The highest BCUT2D eigenvalue weighted by atomic mass is 16.3. The van der Waals surface area contributed by atoms with Crippen molar-refractivity contribution in [3.63, 3.8) is 0 Å². The molecule has 0 aliphatic rings. The Morgan fingerprint density at radius 1 is 1.78 bits per heavy atom. The highest BCUT2D eigenvalue weighted by Crippen LogP contribution is 1.92. The predicted molar refractivity (Wildman–Crippen MR) is 34.1 cm³/mol. The molecule has 9 heavy (non-hydrogen) atoms. The third-order valence-electron chi connectivity index (χ3n) is 1.07. The molecular formula is C6H10N2O. The number of hydrogen-bond acceptors (Lipinski definition) is 3. The molecule has 0 amide bonds. The zero-order valence-electron chi connectivity index (χ0n) is 5.42. The van der Waals surface area contributed by atoms with Crippen LogP contribution in [0.3, 0.4) is 0 Å². The van der Waals surface area contributed by atoms with Crippen LogP contribution in [0.5, 0.6) is 0 Å². The molecule has 3 heteroatoms. The van der Waals surface area contributed by atoms with E-state index < -0.39 is 0 Å². The van der Waals surface area contributed by atoms with Crippen LogP contribution in [0, 0.1) is 0 Å². The number of nitrogens with zero attached hydrogens (tertiary/aromatic N) is 1. The summed E-state index contributed by atoms with van der Waals surface area (Å²) >= 11 is 0. The molecule has 0 aliphatic carbocycles. The minimum Gasteiger partial charge on any atom is -0.449 e. The van der Waals surface area contributed by atoms with Crippen LogP contribution in [-0.4, -0.2) is 18.6 Å². The Hall–Kier alpha value is -0.830. The predicted octanol–water partition coefficient (Wildman–Crippen LogP) is 0.436. The summed E-state index contributed by atoms with van der Waals surface area (Å²) in [7, 11) is 1.91. The van der Waals surface area contributed by atoms with Crippen LogP contribution in [0.4, 0.5) is 0 Å². The average molecular weight is 126 g/mol. The van der Waals surface area contributed by atoms with Gasteiger partial charge in [0.1, 0.15) is 6.26 Å². The van der Waals surface area contributed by atoms with Crippen molar-refractivity contribution in [2.45, 2.75) is 6.42 Å². The molecule has 0 unspecified atom stereocenters. The maximum atomic E-state index is 4.98. The number of hydrogen-bond donors (Lipinski definition) is 1. The van der Waals surface area contributed by atoms with E-state index in [0.29, 0.717) is 0 Å². The van der Waals surface area contributed by atoms with E-state index >= 15 is 0 Å². The Morgan fingerprint density at radius 3 is 3.22 bits per heavy atom. The van der Waals surface area contributed by atoms with Crippen LogP contribution < -0.4 is 5.32 Å². The van der Waals surface area contributed by atoms with E-state index in [0.717, 1.165) is 18.9 Å². The summed E-state index contributed by atoms with van der Waals surface area (Å²) in [4.78, 5) is 3.95. The van der Waals surface area contributed by atoms with Crippen LogP contribution in [0.25, 0.3) is 0 Å². The maximum absolute atomic E-state index is 4.98. The lowest BCUT2D eigenvalue weighted by molar-refractivity contribution is 0.489. The molecule has 1 aromatic heterocycles. The molecule has 0 atom stereocenters. The zero-order valence-corrected chi connectivity index (χ0v) is 5.42. The third kappa shape index (κ3) is 1.85. The molecule has 0 saturated carbocycles. The van der Waals surface area contributed by atoms with E-state index in [4.69, 9.17) is 4.42 Å². The van der Waals surface area contributed by atoms with E-state index in [9.17, 15) is 0 Å². The molecule has 0 fully saturated rings. The Labute approximate surface area is 54.1 Å². The summed E-state index contributed by atoms with van der Waals surface area (Å²) in [6.07, 6.45) is 4.11. The lowest BCUT2D eigenvalue weighted by atomic mass is 10.4. The van der Waals surface area contributed by atoms with E-state index in [1.807, 2.05) is 7.05 Å². The molecular weight excluding hydrogens is 116 g/mol. The minimum absolute atomic E-state index is 0.796. The van der Waals surface area contributed by atoms with Gasteiger partial charge in [0.25, 0.3) is 0 Å². The van der Waals surface area contributed by atoms with Gasteiger partial charge in [-0.1, -0.05) is 0 Å². The van der Waals surface area contributed by atoms with Gasteiger partial charge in [-0.2, -0.15) is 0 Å². The number of oxazole rings is 1. The normalized spacial score (nSPS) is 9.89. The van der Waals surface area contributed by atoms with Crippen LogP contribution >= 0.6 is 0 Å². The molecule has 0 spiro atoms. The quantitative estimate of drug-likeness (QED) is 0.638. The van der Waals surface area contributed by atoms with Gasteiger partial charge in [-0.3, -0.25) is 0 Å². The average Bonchev–Trinajstić information content (AvgIpc) is 2.34. The molecule has 0 radical (unpaired) electrons. The minimum atomic E-state index is 0.796. The maximum Gasteiger partial charge on any atom is 0.195 e. The van der Waals surface area contributed by atoms with Gasteiger partial charge in [0.15, 0.2) is 5.89 Å². The summed E-state index contributed by atoms with van der Waals surface area (Å²) in [5.41, 5.74) is 0. The van der Waals surface area contributed by atoms with Gasteiger partial charge in [0.2, 0.25) is 0 Å². The Kier molecular flexibility index (Phi) is 2.27. The number of rotatable bonds is 3. The summed E-state index contributed by atoms with van der Waals surface area (Å²) in [6, 6.07) is 0. The molecule has 1 heterocycles. The first kappa shape index (κ1) is 6.29. The second-order valence-corrected chi connectivity index (χ2v) is 1.78. The molecule has 0 aliphatic heterocycles. The van der Waals surface area contributed by atoms with Gasteiger partial charge >= 0.3 is 0 Å². The zero-order chi connectivity index (χ0) is 6.53. The monoisotopic (exact) mass is 126 g/mol. The Morgan fingerprint density at radius 2 is 2.67 bits per heavy atom. The first-order valence-corrected chi connectivity index (χ1v) is 2.96. The van der Waals surface area contributed by atoms with E-state index in [2.05, 4.69) is 10.3 Å². The topological polar surface area (TPSA) is 38.1 Å². The smallest absolute Gasteiger partial charge is 0.195 e. The highest BCUT2D eigenvalue weighted by Gasteiger charge is 1.92. The second kappa shape index (κ2) is 3.25. The van der Waals surface area contributed by atoms with E-state index in [1.54, 1.807) is 12.5 Å². The van der Waals surface area contributed by atoms with Crippen molar-refractivity contribution in [2.24, 2.45) is 0 Å². The molecule has 0 aromatic carbocycles. The number of aromatic nitrogens is 1. The molecule has 1 N–H and O–H groups in total. The van der Waals surface area contributed by atoms with E-state index in [-0.39, 0.29) is 0 Å². The standard InChI is InChI=1S/C6H10N2O/c1-7-3-2-6-8-4-5-9-6/h4-5,7H,2-3H2,1H3. The van der Waals surface area contributed by atoms with Gasteiger partial charge < -0.3 is 9.73 Å². The molecule has 1 aromatic rings. The van der Waals surface area contributed by atoms with E-state index in [1.165, 1.54) is 0 Å². The van der Waals surface area contributed by atoms with Crippen molar-refractivity contribution in [3.05, 3.63) is 18.4 Å². The summed E-state index contributed by atoms with van der Waals surface area (Å²) in [5.74, 6) is 0.796. The Balaban J connectivity index is 2.30. The second-order valence-electron chi connectivity index (χ2n) is 1.78.